The number of halogens is 2. The number of H-pyrrole nitrogens is 1. The van der Waals surface area contributed by atoms with Crippen LogP contribution in [0.25, 0.3) is 11.3 Å². The van der Waals surface area contributed by atoms with E-state index < -0.39 is 17.9 Å². The van der Waals surface area contributed by atoms with E-state index in [1.165, 1.54) is 10.7 Å². The maximum absolute atomic E-state index is 13.2. The van der Waals surface area contributed by atoms with Gasteiger partial charge in [0.05, 0.1) is 25.5 Å². The maximum Gasteiger partial charge on any atom is 0.267 e. The number of hydrogen-bond acceptors (Lipinski definition) is 3. The number of aromatic nitrogens is 2. The van der Waals surface area contributed by atoms with Crippen molar-refractivity contribution in [2.45, 2.75) is 12.8 Å². The first-order chi connectivity index (χ1) is 9.61. The van der Waals surface area contributed by atoms with E-state index in [0.29, 0.717) is 18.9 Å². The summed E-state index contributed by atoms with van der Waals surface area (Å²) >= 11 is 0. The summed E-state index contributed by atoms with van der Waals surface area (Å²) in [6, 6.07) is 4.37. The standard InChI is InChI=1S/C13H12F2N2O3/c14-9-3-8(4-10(15)5-9)11-6-12(18)17(16-11)7-13-19-1-2-20-13/h3-6,13,16H,1-2,7H2. The van der Waals surface area contributed by atoms with E-state index in [1.807, 2.05) is 0 Å². The Morgan fingerprint density at radius 1 is 1.15 bits per heavy atom. The highest BCUT2D eigenvalue weighted by atomic mass is 19.1. The average molecular weight is 282 g/mol. The molecule has 0 amide bonds. The molecule has 0 radical (unpaired) electrons. The Morgan fingerprint density at radius 2 is 1.80 bits per heavy atom. The van der Waals surface area contributed by atoms with Crippen molar-refractivity contribution in [3.05, 3.63) is 46.3 Å². The summed E-state index contributed by atoms with van der Waals surface area (Å²) in [5, 5.41) is 2.79. The lowest BCUT2D eigenvalue weighted by Crippen LogP contribution is -2.25. The Morgan fingerprint density at radius 3 is 2.45 bits per heavy atom. The van der Waals surface area contributed by atoms with E-state index in [9.17, 15) is 13.6 Å². The van der Waals surface area contributed by atoms with Crippen molar-refractivity contribution in [3.63, 3.8) is 0 Å². The van der Waals surface area contributed by atoms with Crippen LogP contribution in [-0.2, 0) is 16.0 Å². The summed E-state index contributed by atoms with van der Waals surface area (Å²) in [4.78, 5) is 11.8. The predicted octanol–water partition coefficient (Wildman–Crippen LogP) is 1.49. The van der Waals surface area contributed by atoms with Gasteiger partial charge in [0, 0.05) is 17.7 Å². The molecule has 1 aliphatic rings. The molecule has 20 heavy (non-hydrogen) atoms. The van der Waals surface area contributed by atoms with E-state index in [4.69, 9.17) is 9.47 Å². The van der Waals surface area contributed by atoms with Gasteiger partial charge >= 0.3 is 0 Å². The smallest absolute Gasteiger partial charge is 0.267 e. The van der Waals surface area contributed by atoms with Gasteiger partial charge in [-0.2, -0.15) is 0 Å². The van der Waals surface area contributed by atoms with E-state index in [0.717, 1.165) is 18.2 Å². The van der Waals surface area contributed by atoms with Crippen LogP contribution in [0.5, 0.6) is 0 Å². The van der Waals surface area contributed by atoms with Crippen LogP contribution in [0.2, 0.25) is 0 Å². The van der Waals surface area contributed by atoms with Gasteiger partial charge in [-0.15, -0.1) is 0 Å². The van der Waals surface area contributed by atoms with Crippen molar-refractivity contribution >= 4 is 0 Å². The van der Waals surface area contributed by atoms with Gasteiger partial charge < -0.3 is 9.47 Å². The molecule has 1 N–H and O–H groups in total. The first-order valence-corrected chi connectivity index (χ1v) is 6.11. The zero-order valence-corrected chi connectivity index (χ0v) is 10.4. The molecule has 0 aliphatic carbocycles. The van der Waals surface area contributed by atoms with E-state index >= 15 is 0 Å². The molecule has 2 heterocycles. The Balaban J connectivity index is 1.89. The normalized spacial score (nSPS) is 15.9. The van der Waals surface area contributed by atoms with Crippen LogP contribution >= 0.6 is 0 Å². The summed E-state index contributed by atoms with van der Waals surface area (Å²) in [6.45, 7) is 1.18. The zero-order chi connectivity index (χ0) is 14.1. The second-order valence-electron chi connectivity index (χ2n) is 4.45. The van der Waals surface area contributed by atoms with E-state index in [1.54, 1.807) is 0 Å². The molecule has 1 aromatic heterocycles. The zero-order valence-electron chi connectivity index (χ0n) is 10.4. The second-order valence-corrected chi connectivity index (χ2v) is 4.45. The van der Waals surface area contributed by atoms with Crippen molar-refractivity contribution in [1.82, 2.24) is 9.78 Å². The molecular weight excluding hydrogens is 270 g/mol. The lowest BCUT2D eigenvalue weighted by molar-refractivity contribution is -0.0550. The Hall–Kier alpha value is -1.99. The quantitative estimate of drug-likeness (QED) is 0.928. The molecule has 106 valence electrons. The molecule has 1 fully saturated rings. The minimum absolute atomic E-state index is 0.205. The predicted molar refractivity (Wildman–Crippen MR) is 66.1 cm³/mol. The van der Waals surface area contributed by atoms with Crippen LogP contribution in [0.1, 0.15) is 0 Å². The van der Waals surface area contributed by atoms with Gasteiger partial charge in [0.15, 0.2) is 6.29 Å². The SMILES string of the molecule is O=c1cc(-c2cc(F)cc(F)c2)[nH]n1CC1OCCO1. The lowest BCUT2D eigenvalue weighted by Gasteiger charge is -2.08. The molecule has 0 saturated carbocycles. The van der Waals surface area contributed by atoms with Crippen LogP contribution in [0, 0.1) is 11.6 Å². The lowest BCUT2D eigenvalue weighted by atomic mass is 10.1. The Labute approximate surface area is 112 Å². The Kier molecular flexibility index (Phi) is 3.37. The fraction of sp³-hybridized carbons (Fsp3) is 0.308. The molecule has 1 saturated heterocycles. The van der Waals surface area contributed by atoms with Gasteiger partial charge in [-0.05, 0) is 12.1 Å². The molecule has 0 atom stereocenters. The van der Waals surface area contributed by atoms with Crippen LogP contribution in [0.15, 0.2) is 29.1 Å². The number of hydrogen-bond donors (Lipinski definition) is 1. The van der Waals surface area contributed by atoms with Gasteiger partial charge in [-0.1, -0.05) is 0 Å². The summed E-state index contributed by atoms with van der Waals surface area (Å²) in [6.07, 6.45) is -0.483. The topological polar surface area (TPSA) is 56.2 Å². The van der Waals surface area contributed by atoms with E-state index in [-0.39, 0.29) is 17.7 Å². The van der Waals surface area contributed by atoms with Crippen molar-refractivity contribution in [1.29, 1.82) is 0 Å². The molecule has 0 spiro atoms. The van der Waals surface area contributed by atoms with Gasteiger partial charge in [-0.25, -0.2) is 13.5 Å². The van der Waals surface area contributed by atoms with Crippen LogP contribution < -0.4 is 5.56 Å². The van der Waals surface area contributed by atoms with Gasteiger partial charge in [-0.3, -0.25) is 9.89 Å². The average Bonchev–Trinajstić information content (AvgIpc) is 3.00. The summed E-state index contributed by atoms with van der Waals surface area (Å²) in [5.74, 6) is -1.40. The third kappa shape index (κ3) is 2.63. The van der Waals surface area contributed by atoms with Crippen molar-refractivity contribution < 1.29 is 18.3 Å². The molecule has 2 aromatic rings. The fourth-order valence-electron chi connectivity index (χ4n) is 2.09. The summed E-state index contributed by atoms with van der Waals surface area (Å²) in [5.41, 5.74) is 0.293. The van der Waals surface area contributed by atoms with Gasteiger partial charge in [0.1, 0.15) is 11.6 Å². The molecule has 5 nitrogen and oxygen atoms in total. The van der Waals surface area contributed by atoms with Crippen molar-refractivity contribution in [2.24, 2.45) is 0 Å². The van der Waals surface area contributed by atoms with Crippen LogP contribution in [-0.4, -0.2) is 29.3 Å². The molecule has 0 bridgehead atoms. The van der Waals surface area contributed by atoms with Crippen molar-refractivity contribution in [2.75, 3.05) is 13.2 Å². The summed E-state index contributed by atoms with van der Waals surface area (Å²) < 4.78 is 38.1. The first-order valence-electron chi connectivity index (χ1n) is 6.11. The number of nitrogens with zero attached hydrogens (tertiary/aromatic N) is 1. The second kappa shape index (κ2) is 5.18. The minimum Gasteiger partial charge on any atom is -0.348 e. The number of benzene rings is 1. The minimum atomic E-state index is -0.698. The fourth-order valence-corrected chi connectivity index (χ4v) is 2.09. The number of rotatable bonds is 3. The van der Waals surface area contributed by atoms with Crippen LogP contribution in [0.4, 0.5) is 8.78 Å². The molecule has 3 rings (SSSR count). The molecular formula is C13H12F2N2O3. The highest BCUT2D eigenvalue weighted by Gasteiger charge is 2.18. The third-order valence-electron chi connectivity index (χ3n) is 2.99. The molecule has 0 unspecified atom stereocenters. The number of aromatic amines is 1. The monoisotopic (exact) mass is 282 g/mol. The number of ether oxygens (including phenoxy) is 2. The summed E-state index contributed by atoms with van der Waals surface area (Å²) in [7, 11) is 0. The molecule has 1 aromatic carbocycles. The molecule has 1 aliphatic heterocycles. The van der Waals surface area contributed by atoms with E-state index in [2.05, 4.69) is 5.10 Å². The van der Waals surface area contributed by atoms with Gasteiger partial charge in [0.2, 0.25) is 0 Å². The molecule has 7 heteroatoms. The first kappa shape index (κ1) is 13.0. The Bertz CT molecular complexity index is 654. The third-order valence-corrected chi connectivity index (χ3v) is 2.99. The largest absolute Gasteiger partial charge is 0.348 e. The maximum atomic E-state index is 13.2. The number of nitrogens with one attached hydrogen (secondary N) is 1. The van der Waals surface area contributed by atoms with Crippen molar-refractivity contribution in [3.8, 4) is 11.3 Å². The van der Waals surface area contributed by atoms with Gasteiger partial charge in [0.25, 0.3) is 5.56 Å². The highest BCUT2D eigenvalue weighted by Crippen LogP contribution is 2.18. The van der Waals surface area contributed by atoms with Crippen LogP contribution in [0.3, 0.4) is 0 Å². The highest BCUT2D eigenvalue weighted by molar-refractivity contribution is 5.58.